The number of aromatic hydroxyl groups is 1. The third kappa shape index (κ3) is 1.98. The number of pyridine rings is 1. The molecular formula is C18H18N6O2. The molecule has 3 aromatic heterocycles. The van der Waals surface area contributed by atoms with Gasteiger partial charge in [-0.3, -0.25) is 9.36 Å². The highest BCUT2D eigenvalue weighted by Gasteiger charge is 2.24. The van der Waals surface area contributed by atoms with E-state index in [1.165, 1.54) is 0 Å². The molecule has 0 spiro atoms. The van der Waals surface area contributed by atoms with Crippen molar-refractivity contribution in [1.82, 2.24) is 19.1 Å². The first-order chi connectivity index (χ1) is 12.3. The number of anilines is 1. The van der Waals surface area contributed by atoms with Crippen molar-refractivity contribution in [3.8, 4) is 11.4 Å². The Morgan fingerprint density at radius 2 is 1.96 bits per heavy atom. The second kappa shape index (κ2) is 5.22. The van der Waals surface area contributed by atoms with E-state index in [4.69, 9.17) is 11.5 Å². The minimum Gasteiger partial charge on any atom is -0.508 e. The van der Waals surface area contributed by atoms with Crippen LogP contribution in [0.5, 0.6) is 5.75 Å². The lowest BCUT2D eigenvalue weighted by Gasteiger charge is -2.15. The molecule has 0 radical (unpaired) electrons. The lowest BCUT2D eigenvalue weighted by molar-refractivity contribution is 0.100. The second-order valence-corrected chi connectivity index (χ2v) is 6.39. The van der Waals surface area contributed by atoms with E-state index in [1.54, 1.807) is 40.6 Å². The Hall–Kier alpha value is -3.55. The van der Waals surface area contributed by atoms with Crippen molar-refractivity contribution in [2.75, 3.05) is 5.73 Å². The number of benzene rings is 1. The maximum atomic E-state index is 12.1. The largest absolute Gasteiger partial charge is 0.508 e. The zero-order valence-corrected chi connectivity index (χ0v) is 14.6. The Morgan fingerprint density at radius 1 is 1.23 bits per heavy atom. The summed E-state index contributed by atoms with van der Waals surface area (Å²) in [5, 5.41) is 10.7. The highest BCUT2D eigenvalue weighted by atomic mass is 16.3. The van der Waals surface area contributed by atoms with E-state index in [0.717, 1.165) is 5.56 Å². The van der Waals surface area contributed by atoms with Crippen molar-refractivity contribution >= 4 is 33.9 Å². The number of primary amides is 1. The summed E-state index contributed by atoms with van der Waals surface area (Å²) in [5.41, 5.74) is 16.1. The molecule has 0 aliphatic rings. The maximum Gasteiger partial charge on any atom is 0.253 e. The summed E-state index contributed by atoms with van der Waals surface area (Å²) < 4.78 is 3.46. The number of fused-ring (bicyclic) bond motifs is 2. The van der Waals surface area contributed by atoms with Crippen LogP contribution < -0.4 is 11.5 Å². The van der Waals surface area contributed by atoms with Crippen LogP contribution in [0.2, 0.25) is 0 Å². The third-order valence-electron chi connectivity index (χ3n) is 4.72. The van der Waals surface area contributed by atoms with Gasteiger partial charge in [-0.25, -0.2) is 9.97 Å². The van der Waals surface area contributed by atoms with Gasteiger partial charge in [0.15, 0.2) is 5.65 Å². The van der Waals surface area contributed by atoms with E-state index in [1.807, 2.05) is 14.0 Å². The minimum absolute atomic E-state index is 0.133. The highest BCUT2D eigenvalue weighted by molar-refractivity contribution is 6.12. The summed E-state index contributed by atoms with van der Waals surface area (Å²) in [6.45, 7) is 3.69. The summed E-state index contributed by atoms with van der Waals surface area (Å²) in [7, 11) is 1.84. The topological polar surface area (TPSA) is 125 Å². The van der Waals surface area contributed by atoms with Gasteiger partial charge in [0, 0.05) is 18.0 Å². The van der Waals surface area contributed by atoms with Crippen molar-refractivity contribution in [3.05, 3.63) is 41.2 Å². The summed E-state index contributed by atoms with van der Waals surface area (Å²) in [4.78, 5) is 21.1. The number of rotatable bonds is 2. The van der Waals surface area contributed by atoms with Crippen molar-refractivity contribution in [2.24, 2.45) is 12.8 Å². The van der Waals surface area contributed by atoms with E-state index in [2.05, 4.69) is 9.97 Å². The maximum absolute atomic E-state index is 12.1. The van der Waals surface area contributed by atoms with Gasteiger partial charge in [-0.05, 0) is 31.5 Å². The van der Waals surface area contributed by atoms with Gasteiger partial charge in [-0.15, -0.1) is 0 Å². The van der Waals surface area contributed by atoms with E-state index in [0.29, 0.717) is 33.4 Å². The van der Waals surface area contributed by atoms with E-state index in [9.17, 15) is 9.90 Å². The van der Waals surface area contributed by atoms with Crippen molar-refractivity contribution < 1.29 is 9.90 Å². The number of carbonyl (C=O) groups is 1. The van der Waals surface area contributed by atoms with Crippen molar-refractivity contribution in [2.45, 2.75) is 13.8 Å². The molecule has 0 aliphatic carbocycles. The van der Waals surface area contributed by atoms with Crippen LogP contribution in [0.25, 0.3) is 27.9 Å². The number of nitrogens with zero attached hydrogens (tertiary/aromatic N) is 4. The third-order valence-corrected chi connectivity index (χ3v) is 4.72. The SMILES string of the molecule is Cc1ccc(O)c(C)c1-n1c(N)c(C(N)=O)c2cc3ncn(C)c3nc21. The van der Waals surface area contributed by atoms with Gasteiger partial charge in [0.2, 0.25) is 0 Å². The van der Waals surface area contributed by atoms with Crippen LogP contribution in [-0.2, 0) is 7.05 Å². The molecule has 0 saturated heterocycles. The summed E-state index contributed by atoms with van der Waals surface area (Å²) in [5.74, 6) is -0.319. The van der Waals surface area contributed by atoms with Gasteiger partial charge in [0.25, 0.3) is 5.91 Å². The molecule has 4 rings (SSSR count). The first-order valence-electron chi connectivity index (χ1n) is 8.02. The molecule has 0 bridgehead atoms. The molecule has 3 heterocycles. The first kappa shape index (κ1) is 15.9. The molecule has 4 aromatic rings. The smallest absolute Gasteiger partial charge is 0.253 e. The molecule has 1 amide bonds. The first-order valence-corrected chi connectivity index (χ1v) is 8.02. The lowest BCUT2D eigenvalue weighted by atomic mass is 10.1. The number of nitrogens with two attached hydrogens (primary N) is 2. The highest BCUT2D eigenvalue weighted by Crippen LogP contribution is 2.36. The summed E-state index contributed by atoms with van der Waals surface area (Å²) >= 11 is 0. The predicted molar refractivity (Wildman–Crippen MR) is 99.4 cm³/mol. The Kier molecular flexibility index (Phi) is 3.20. The van der Waals surface area contributed by atoms with Crippen LogP contribution >= 0.6 is 0 Å². The molecule has 1 aromatic carbocycles. The van der Waals surface area contributed by atoms with E-state index >= 15 is 0 Å². The van der Waals surface area contributed by atoms with Gasteiger partial charge < -0.3 is 21.1 Å². The van der Waals surface area contributed by atoms with Crippen molar-refractivity contribution in [1.29, 1.82) is 0 Å². The number of hydrogen-bond donors (Lipinski definition) is 3. The molecule has 26 heavy (non-hydrogen) atoms. The standard InChI is InChI=1S/C18H18N6O2/c1-8-4-5-12(25)9(2)14(8)24-15(19)13(16(20)26)10-6-11-18(22-17(10)24)23(3)7-21-11/h4-7,25H,19H2,1-3H3,(H2,20,26). The predicted octanol–water partition coefficient (Wildman–Crippen LogP) is 1.92. The Bertz CT molecular complexity index is 1220. The van der Waals surface area contributed by atoms with E-state index < -0.39 is 5.91 Å². The number of aryl methyl sites for hydroxylation is 2. The summed E-state index contributed by atoms with van der Waals surface area (Å²) in [6, 6.07) is 5.17. The number of carbonyl (C=O) groups excluding carboxylic acids is 1. The van der Waals surface area contributed by atoms with Crippen LogP contribution in [0.1, 0.15) is 21.5 Å². The monoisotopic (exact) mass is 350 g/mol. The Balaban J connectivity index is 2.24. The molecular weight excluding hydrogens is 332 g/mol. The molecule has 8 nitrogen and oxygen atoms in total. The lowest BCUT2D eigenvalue weighted by Crippen LogP contribution is -2.14. The molecule has 0 aliphatic heterocycles. The van der Waals surface area contributed by atoms with Gasteiger partial charge in [0.1, 0.15) is 22.7 Å². The van der Waals surface area contributed by atoms with Crippen LogP contribution in [0, 0.1) is 13.8 Å². The minimum atomic E-state index is -0.640. The van der Waals surface area contributed by atoms with Crippen molar-refractivity contribution in [3.63, 3.8) is 0 Å². The van der Waals surface area contributed by atoms with Gasteiger partial charge in [0.05, 0.1) is 17.6 Å². The fraction of sp³-hybridized carbons (Fsp3) is 0.167. The molecule has 0 saturated carbocycles. The van der Waals surface area contributed by atoms with E-state index in [-0.39, 0.29) is 17.1 Å². The number of phenols is 1. The van der Waals surface area contributed by atoms with Crippen LogP contribution in [-0.4, -0.2) is 30.1 Å². The fourth-order valence-electron chi connectivity index (χ4n) is 3.41. The fourth-order valence-corrected chi connectivity index (χ4v) is 3.41. The number of amides is 1. The van der Waals surface area contributed by atoms with Crippen LogP contribution in [0.4, 0.5) is 5.82 Å². The molecule has 5 N–H and O–H groups in total. The summed E-state index contributed by atoms with van der Waals surface area (Å²) in [6.07, 6.45) is 1.65. The number of nitrogen functional groups attached to an aromatic ring is 1. The molecule has 0 atom stereocenters. The number of phenolic OH excluding ortho intramolecular Hbond substituents is 1. The molecule has 8 heteroatoms. The number of aromatic nitrogens is 4. The Labute approximate surface area is 148 Å². The average Bonchev–Trinajstić information content (AvgIpc) is 3.08. The normalized spacial score (nSPS) is 11.5. The molecule has 0 fully saturated rings. The molecule has 132 valence electrons. The van der Waals surface area contributed by atoms with Crippen LogP contribution in [0.15, 0.2) is 24.5 Å². The zero-order valence-electron chi connectivity index (χ0n) is 14.6. The van der Waals surface area contributed by atoms with Gasteiger partial charge in [-0.2, -0.15) is 0 Å². The number of hydrogen-bond acceptors (Lipinski definition) is 5. The molecule has 0 unspecified atom stereocenters. The van der Waals surface area contributed by atoms with Gasteiger partial charge in [-0.1, -0.05) is 6.07 Å². The Morgan fingerprint density at radius 3 is 2.65 bits per heavy atom. The second-order valence-electron chi connectivity index (χ2n) is 6.39. The number of imidazole rings is 1. The zero-order chi connectivity index (χ0) is 18.7. The van der Waals surface area contributed by atoms with Gasteiger partial charge >= 0.3 is 0 Å². The van der Waals surface area contributed by atoms with Crippen LogP contribution in [0.3, 0.4) is 0 Å². The quantitative estimate of drug-likeness (QED) is 0.509. The average molecular weight is 350 g/mol.